The number of guanidine groups is 1. The Bertz CT molecular complexity index is 498. The second-order valence-corrected chi connectivity index (χ2v) is 6.37. The van der Waals surface area contributed by atoms with Crippen LogP contribution in [0.15, 0.2) is 23.3 Å². The first-order valence-corrected chi connectivity index (χ1v) is 9.34. The summed E-state index contributed by atoms with van der Waals surface area (Å²) in [4.78, 5) is 9.01. The number of nitrogens with one attached hydrogen (secondary N) is 2. The summed E-state index contributed by atoms with van der Waals surface area (Å²) in [6, 6.07) is 4.03. The van der Waals surface area contributed by atoms with Gasteiger partial charge in [-0.25, -0.2) is 4.99 Å². The molecule has 1 aromatic heterocycles. The summed E-state index contributed by atoms with van der Waals surface area (Å²) in [5.74, 6) is 0.847. The second-order valence-electron chi connectivity index (χ2n) is 6.37. The van der Waals surface area contributed by atoms with Crippen LogP contribution in [-0.2, 0) is 11.3 Å². The lowest BCUT2D eigenvalue weighted by molar-refractivity contribution is 0.0277. The fourth-order valence-corrected chi connectivity index (χ4v) is 2.94. The number of aliphatic imine (C=N–C) groups is 1. The first kappa shape index (κ1) is 18.7. The normalized spacial score (nSPS) is 16.2. The van der Waals surface area contributed by atoms with Crippen molar-refractivity contribution in [1.29, 1.82) is 0 Å². The summed E-state index contributed by atoms with van der Waals surface area (Å²) in [5.41, 5.74) is 2.20. The van der Waals surface area contributed by atoms with E-state index in [-0.39, 0.29) is 0 Å². The number of rotatable bonds is 8. The maximum absolute atomic E-state index is 5.96. The van der Waals surface area contributed by atoms with Gasteiger partial charge >= 0.3 is 0 Å². The molecular formula is C19H32N4O. The van der Waals surface area contributed by atoms with Crippen LogP contribution in [0.3, 0.4) is 0 Å². The van der Waals surface area contributed by atoms with E-state index in [0.717, 1.165) is 37.8 Å². The molecule has 0 unspecified atom stereocenters. The van der Waals surface area contributed by atoms with E-state index in [9.17, 15) is 0 Å². The Balaban J connectivity index is 1.68. The van der Waals surface area contributed by atoms with Crippen LogP contribution < -0.4 is 10.6 Å². The summed E-state index contributed by atoms with van der Waals surface area (Å²) in [7, 11) is 0. The van der Waals surface area contributed by atoms with Crippen molar-refractivity contribution in [2.75, 3.05) is 19.7 Å². The molecule has 1 fully saturated rings. The van der Waals surface area contributed by atoms with Gasteiger partial charge in [0, 0.05) is 25.9 Å². The average Bonchev–Trinajstić information content (AvgIpc) is 2.61. The molecule has 0 aromatic carbocycles. The zero-order valence-electron chi connectivity index (χ0n) is 15.2. The SMILES string of the molecule is CCNC(=NCc1ncccc1C)NCCCOC1CCCCC1. The molecule has 2 N–H and O–H groups in total. The number of pyridine rings is 1. The van der Waals surface area contributed by atoms with Crippen LogP contribution in [0, 0.1) is 6.92 Å². The summed E-state index contributed by atoms with van der Waals surface area (Å²) in [6.45, 7) is 7.30. The van der Waals surface area contributed by atoms with Crippen LogP contribution in [0.5, 0.6) is 0 Å². The Kier molecular flexibility index (Phi) is 8.60. The van der Waals surface area contributed by atoms with Gasteiger partial charge in [0.25, 0.3) is 0 Å². The third-order valence-corrected chi connectivity index (χ3v) is 4.37. The van der Waals surface area contributed by atoms with Crippen molar-refractivity contribution in [1.82, 2.24) is 15.6 Å². The van der Waals surface area contributed by atoms with Gasteiger partial charge in [-0.1, -0.05) is 25.3 Å². The molecule has 2 rings (SSSR count). The number of hydrogen-bond acceptors (Lipinski definition) is 3. The number of nitrogens with zero attached hydrogens (tertiary/aromatic N) is 2. The first-order chi connectivity index (χ1) is 11.8. The second kappa shape index (κ2) is 11.0. The van der Waals surface area contributed by atoms with E-state index in [2.05, 4.69) is 40.5 Å². The molecule has 1 heterocycles. The van der Waals surface area contributed by atoms with Gasteiger partial charge in [0.05, 0.1) is 18.3 Å². The maximum Gasteiger partial charge on any atom is 0.191 e. The predicted molar refractivity (Wildman–Crippen MR) is 99.2 cm³/mol. The van der Waals surface area contributed by atoms with Gasteiger partial charge in [-0.2, -0.15) is 0 Å². The number of ether oxygens (including phenoxy) is 1. The Hall–Kier alpha value is -1.62. The van der Waals surface area contributed by atoms with Crippen LogP contribution in [0.25, 0.3) is 0 Å². The molecule has 1 aromatic rings. The highest BCUT2D eigenvalue weighted by Gasteiger charge is 2.12. The molecule has 5 nitrogen and oxygen atoms in total. The van der Waals surface area contributed by atoms with Gasteiger partial charge in [0.15, 0.2) is 5.96 Å². The summed E-state index contributed by atoms with van der Waals surface area (Å²) < 4.78 is 5.96. The molecule has 0 saturated heterocycles. The largest absolute Gasteiger partial charge is 0.378 e. The lowest BCUT2D eigenvalue weighted by atomic mass is 9.98. The third kappa shape index (κ3) is 6.87. The molecule has 1 aliphatic rings. The standard InChI is InChI=1S/C19H32N4O/c1-3-20-19(23-15-18-16(2)9-7-12-21-18)22-13-8-14-24-17-10-5-4-6-11-17/h7,9,12,17H,3-6,8,10-11,13-15H2,1-2H3,(H2,20,22,23). The van der Waals surface area contributed by atoms with Gasteiger partial charge < -0.3 is 15.4 Å². The Labute approximate surface area is 146 Å². The van der Waals surface area contributed by atoms with Crippen LogP contribution in [-0.4, -0.2) is 36.7 Å². The monoisotopic (exact) mass is 332 g/mol. The molecule has 134 valence electrons. The molecule has 0 spiro atoms. The third-order valence-electron chi connectivity index (χ3n) is 4.37. The molecule has 1 aliphatic carbocycles. The summed E-state index contributed by atoms with van der Waals surface area (Å²) >= 11 is 0. The van der Waals surface area contributed by atoms with E-state index in [1.807, 2.05) is 12.3 Å². The van der Waals surface area contributed by atoms with Gasteiger partial charge in [0.1, 0.15) is 0 Å². The van der Waals surface area contributed by atoms with Crippen molar-refractivity contribution in [2.45, 2.75) is 65.0 Å². The van der Waals surface area contributed by atoms with Crippen molar-refractivity contribution < 1.29 is 4.74 Å². The van der Waals surface area contributed by atoms with Crippen LogP contribution in [0.4, 0.5) is 0 Å². The molecule has 5 heteroatoms. The van der Waals surface area contributed by atoms with Gasteiger partial charge in [-0.15, -0.1) is 0 Å². The molecule has 24 heavy (non-hydrogen) atoms. The van der Waals surface area contributed by atoms with Crippen molar-refractivity contribution in [2.24, 2.45) is 4.99 Å². The van der Waals surface area contributed by atoms with Gasteiger partial charge in [-0.3, -0.25) is 4.98 Å². The topological polar surface area (TPSA) is 58.5 Å². The van der Waals surface area contributed by atoms with Crippen LogP contribution >= 0.6 is 0 Å². The predicted octanol–water partition coefficient (Wildman–Crippen LogP) is 3.18. The minimum atomic E-state index is 0.493. The highest BCUT2D eigenvalue weighted by Crippen LogP contribution is 2.20. The minimum Gasteiger partial charge on any atom is -0.378 e. The minimum absolute atomic E-state index is 0.493. The molecule has 0 atom stereocenters. The summed E-state index contributed by atoms with van der Waals surface area (Å²) in [6.07, 6.45) is 9.82. The van der Waals surface area contributed by atoms with E-state index >= 15 is 0 Å². The highest BCUT2D eigenvalue weighted by molar-refractivity contribution is 5.79. The smallest absolute Gasteiger partial charge is 0.191 e. The molecule has 0 amide bonds. The van der Waals surface area contributed by atoms with E-state index in [1.165, 1.54) is 37.7 Å². The van der Waals surface area contributed by atoms with E-state index in [1.54, 1.807) is 0 Å². The van der Waals surface area contributed by atoms with Crippen molar-refractivity contribution in [3.63, 3.8) is 0 Å². The Morgan fingerprint density at radius 1 is 1.29 bits per heavy atom. The Morgan fingerprint density at radius 3 is 2.88 bits per heavy atom. The lowest BCUT2D eigenvalue weighted by Crippen LogP contribution is -2.38. The summed E-state index contributed by atoms with van der Waals surface area (Å²) in [5, 5.41) is 6.66. The van der Waals surface area contributed by atoms with E-state index in [4.69, 9.17) is 4.74 Å². The van der Waals surface area contributed by atoms with Crippen molar-refractivity contribution >= 4 is 5.96 Å². The van der Waals surface area contributed by atoms with Crippen molar-refractivity contribution in [3.05, 3.63) is 29.6 Å². The number of aryl methyl sites for hydroxylation is 1. The molecule has 0 radical (unpaired) electrons. The number of aromatic nitrogens is 1. The quantitative estimate of drug-likeness (QED) is 0.436. The van der Waals surface area contributed by atoms with Crippen LogP contribution in [0.1, 0.15) is 56.7 Å². The first-order valence-electron chi connectivity index (χ1n) is 9.34. The van der Waals surface area contributed by atoms with Gasteiger partial charge in [-0.05, 0) is 44.7 Å². The number of hydrogen-bond donors (Lipinski definition) is 2. The van der Waals surface area contributed by atoms with E-state index < -0.39 is 0 Å². The molecule has 0 bridgehead atoms. The van der Waals surface area contributed by atoms with Gasteiger partial charge in [0.2, 0.25) is 0 Å². The van der Waals surface area contributed by atoms with Crippen LogP contribution in [0.2, 0.25) is 0 Å². The Morgan fingerprint density at radius 2 is 2.12 bits per heavy atom. The average molecular weight is 332 g/mol. The molecule has 1 saturated carbocycles. The zero-order chi connectivity index (χ0) is 17.0. The highest BCUT2D eigenvalue weighted by atomic mass is 16.5. The fraction of sp³-hybridized carbons (Fsp3) is 0.684. The molecular weight excluding hydrogens is 300 g/mol. The fourth-order valence-electron chi connectivity index (χ4n) is 2.94. The maximum atomic E-state index is 5.96. The molecule has 0 aliphatic heterocycles. The lowest BCUT2D eigenvalue weighted by Gasteiger charge is -2.22. The van der Waals surface area contributed by atoms with E-state index in [0.29, 0.717) is 12.6 Å². The van der Waals surface area contributed by atoms with Crippen molar-refractivity contribution in [3.8, 4) is 0 Å². The zero-order valence-corrected chi connectivity index (χ0v) is 15.2.